The lowest BCUT2D eigenvalue weighted by Crippen LogP contribution is -2.43. The smallest absolute Gasteiger partial charge is 0.193 e. The molecular weight excluding hydrogens is 298 g/mol. The standard InChI is InChI=1S/C20H31N3O/c1-21-19(23-14-12-20(17-23)10-5-11-20)22-13-6-15-24-16-9-18-7-3-2-4-8-18/h2-4,7-8H,5-6,9-17H2,1H3,(H,21,22). The van der Waals surface area contributed by atoms with Gasteiger partial charge in [0.05, 0.1) is 6.61 Å². The highest BCUT2D eigenvalue weighted by atomic mass is 16.5. The van der Waals surface area contributed by atoms with E-state index in [4.69, 9.17) is 4.74 Å². The lowest BCUT2D eigenvalue weighted by molar-refractivity contribution is 0.135. The van der Waals surface area contributed by atoms with Gasteiger partial charge in [0.1, 0.15) is 0 Å². The molecule has 1 spiro atoms. The van der Waals surface area contributed by atoms with Gasteiger partial charge in [-0.2, -0.15) is 0 Å². The molecule has 1 aromatic carbocycles. The minimum atomic E-state index is 0.623. The Balaban J connectivity index is 1.26. The SMILES string of the molecule is CN=C(NCCCOCCc1ccccc1)N1CCC2(CCC2)C1. The summed E-state index contributed by atoms with van der Waals surface area (Å²) in [7, 11) is 1.89. The quantitative estimate of drug-likeness (QED) is 0.474. The van der Waals surface area contributed by atoms with Gasteiger partial charge in [0.15, 0.2) is 5.96 Å². The van der Waals surface area contributed by atoms with E-state index in [0.29, 0.717) is 5.41 Å². The fourth-order valence-corrected chi connectivity index (χ4v) is 3.84. The van der Waals surface area contributed by atoms with Crippen LogP contribution in [-0.4, -0.2) is 50.8 Å². The van der Waals surface area contributed by atoms with Crippen LogP contribution >= 0.6 is 0 Å². The molecule has 0 bridgehead atoms. The zero-order chi connectivity index (χ0) is 16.7. The summed E-state index contributed by atoms with van der Waals surface area (Å²) in [6.07, 6.45) is 7.60. The lowest BCUT2D eigenvalue weighted by atomic mass is 9.68. The second kappa shape index (κ2) is 8.52. The van der Waals surface area contributed by atoms with Gasteiger partial charge in [-0.15, -0.1) is 0 Å². The number of aliphatic imine (C=N–C) groups is 1. The third-order valence-corrected chi connectivity index (χ3v) is 5.49. The zero-order valence-electron chi connectivity index (χ0n) is 15.0. The Labute approximate surface area is 146 Å². The molecule has 0 unspecified atom stereocenters. The van der Waals surface area contributed by atoms with E-state index in [1.165, 1.54) is 37.8 Å². The Bertz CT molecular complexity index is 525. The first-order valence-corrected chi connectivity index (χ1v) is 9.39. The number of hydrogen-bond acceptors (Lipinski definition) is 2. The van der Waals surface area contributed by atoms with E-state index in [-0.39, 0.29) is 0 Å². The molecule has 2 fully saturated rings. The number of rotatable bonds is 7. The lowest BCUT2D eigenvalue weighted by Gasteiger charge is -2.38. The molecule has 0 atom stereocenters. The van der Waals surface area contributed by atoms with Gasteiger partial charge < -0.3 is 15.0 Å². The van der Waals surface area contributed by atoms with Crippen molar-refractivity contribution in [3.63, 3.8) is 0 Å². The molecule has 1 N–H and O–H groups in total. The Kier molecular flexibility index (Phi) is 6.13. The Morgan fingerprint density at radius 2 is 2.04 bits per heavy atom. The molecule has 1 aromatic rings. The molecule has 0 amide bonds. The van der Waals surface area contributed by atoms with E-state index in [9.17, 15) is 0 Å². The van der Waals surface area contributed by atoms with Gasteiger partial charge in [-0.25, -0.2) is 0 Å². The molecule has 4 nitrogen and oxygen atoms in total. The van der Waals surface area contributed by atoms with Gasteiger partial charge in [0, 0.05) is 33.3 Å². The highest BCUT2D eigenvalue weighted by Crippen LogP contribution is 2.47. The van der Waals surface area contributed by atoms with Crippen LogP contribution < -0.4 is 5.32 Å². The summed E-state index contributed by atoms with van der Waals surface area (Å²) in [6, 6.07) is 10.5. The second-order valence-corrected chi connectivity index (χ2v) is 7.20. The normalized spacial score (nSPS) is 19.5. The molecule has 1 aliphatic carbocycles. The maximum absolute atomic E-state index is 5.74. The van der Waals surface area contributed by atoms with E-state index in [1.54, 1.807) is 0 Å². The summed E-state index contributed by atoms with van der Waals surface area (Å²) < 4.78 is 5.74. The summed E-state index contributed by atoms with van der Waals surface area (Å²) >= 11 is 0. The summed E-state index contributed by atoms with van der Waals surface area (Å²) in [6.45, 7) is 4.89. The topological polar surface area (TPSA) is 36.9 Å². The van der Waals surface area contributed by atoms with Crippen LogP contribution in [0.1, 0.15) is 37.7 Å². The van der Waals surface area contributed by atoms with Gasteiger partial charge >= 0.3 is 0 Å². The number of nitrogens with zero attached hydrogens (tertiary/aromatic N) is 2. The molecule has 0 aromatic heterocycles. The van der Waals surface area contributed by atoms with Crippen molar-refractivity contribution < 1.29 is 4.74 Å². The van der Waals surface area contributed by atoms with Crippen LogP contribution in [0.25, 0.3) is 0 Å². The maximum atomic E-state index is 5.74. The molecule has 3 rings (SSSR count). The molecule has 1 saturated carbocycles. The highest BCUT2D eigenvalue weighted by Gasteiger charge is 2.43. The number of hydrogen-bond donors (Lipinski definition) is 1. The first-order valence-electron chi connectivity index (χ1n) is 9.39. The molecule has 1 saturated heterocycles. The van der Waals surface area contributed by atoms with Crippen LogP contribution in [0.3, 0.4) is 0 Å². The highest BCUT2D eigenvalue weighted by molar-refractivity contribution is 5.80. The molecule has 1 heterocycles. The first kappa shape index (κ1) is 17.3. The van der Waals surface area contributed by atoms with Crippen molar-refractivity contribution >= 4 is 5.96 Å². The third kappa shape index (κ3) is 4.50. The van der Waals surface area contributed by atoms with Gasteiger partial charge in [0.25, 0.3) is 0 Å². The minimum absolute atomic E-state index is 0.623. The van der Waals surface area contributed by atoms with Gasteiger partial charge in [0.2, 0.25) is 0 Å². The van der Waals surface area contributed by atoms with Crippen LogP contribution in [0.4, 0.5) is 0 Å². The second-order valence-electron chi connectivity index (χ2n) is 7.20. The summed E-state index contributed by atoms with van der Waals surface area (Å²) in [5.74, 6) is 1.07. The van der Waals surface area contributed by atoms with Crippen LogP contribution in [0.15, 0.2) is 35.3 Å². The van der Waals surface area contributed by atoms with E-state index in [1.807, 2.05) is 7.05 Å². The largest absolute Gasteiger partial charge is 0.381 e. The van der Waals surface area contributed by atoms with Crippen molar-refractivity contribution in [2.75, 3.05) is 39.9 Å². The summed E-state index contributed by atoms with van der Waals surface area (Å²) in [5, 5.41) is 3.50. The van der Waals surface area contributed by atoms with E-state index in [2.05, 4.69) is 45.5 Å². The van der Waals surface area contributed by atoms with Crippen LogP contribution in [0.5, 0.6) is 0 Å². The molecule has 2 aliphatic rings. The fourth-order valence-electron chi connectivity index (χ4n) is 3.84. The van der Waals surface area contributed by atoms with Crippen molar-refractivity contribution in [1.29, 1.82) is 0 Å². The molecule has 24 heavy (non-hydrogen) atoms. The molecule has 1 aliphatic heterocycles. The third-order valence-electron chi connectivity index (χ3n) is 5.49. The van der Waals surface area contributed by atoms with Crippen molar-refractivity contribution in [2.45, 2.75) is 38.5 Å². The summed E-state index contributed by atoms with van der Waals surface area (Å²) in [4.78, 5) is 6.90. The number of benzene rings is 1. The zero-order valence-corrected chi connectivity index (χ0v) is 15.0. The van der Waals surface area contributed by atoms with Crippen LogP contribution in [0, 0.1) is 5.41 Å². The van der Waals surface area contributed by atoms with Gasteiger partial charge in [-0.1, -0.05) is 36.8 Å². The maximum Gasteiger partial charge on any atom is 0.193 e. The average Bonchev–Trinajstić information content (AvgIpc) is 3.04. The Hall–Kier alpha value is -1.55. The van der Waals surface area contributed by atoms with E-state index < -0.39 is 0 Å². The summed E-state index contributed by atoms with van der Waals surface area (Å²) in [5.41, 5.74) is 1.97. The number of nitrogens with one attached hydrogen (secondary N) is 1. The van der Waals surface area contributed by atoms with Crippen LogP contribution in [-0.2, 0) is 11.2 Å². The molecular formula is C20H31N3O. The molecule has 0 radical (unpaired) electrons. The fraction of sp³-hybridized carbons (Fsp3) is 0.650. The number of likely N-dealkylation sites (tertiary alicyclic amines) is 1. The molecule has 4 heteroatoms. The number of ether oxygens (including phenoxy) is 1. The molecule has 132 valence electrons. The van der Waals surface area contributed by atoms with E-state index in [0.717, 1.165) is 45.1 Å². The predicted octanol–water partition coefficient (Wildman–Crippen LogP) is 3.09. The van der Waals surface area contributed by atoms with Gasteiger partial charge in [-0.05, 0) is 43.1 Å². The van der Waals surface area contributed by atoms with Crippen molar-refractivity contribution in [2.24, 2.45) is 10.4 Å². The van der Waals surface area contributed by atoms with E-state index >= 15 is 0 Å². The van der Waals surface area contributed by atoms with Crippen molar-refractivity contribution in [1.82, 2.24) is 10.2 Å². The average molecular weight is 329 g/mol. The first-order chi connectivity index (χ1) is 11.8. The minimum Gasteiger partial charge on any atom is -0.381 e. The monoisotopic (exact) mass is 329 g/mol. The van der Waals surface area contributed by atoms with Crippen molar-refractivity contribution in [3.05, 3.63) is 35.9 Å². The van der Waals surface area contributed by atoms with Gasteiger partial charge in [-0.3, -0.25) is 4.99 Å². The predicted molar refractivity (Wildman–Crippen MR) is 99.4 cm³/mol. The Morgan fingerprint density at radius 3 is 2.71 bits per heavy atom. The Morgan fingerprint density at radius 1 is 1.21 bits per heavy atom. The number of guanidine groups is 1. The van der Waals surface area contributed by atoms with Crippen molar-refractivity contribution in [3.8, 4) is 0 Å². The van der Waals surface area contributed by atoms with Crippen LogP contribution in [0.2, 0.25) is 0 Å².